The van der Waals surface area contributed by atoms with Gasteiger partial charge in [0.05, 0.1) is 20.3 Å². The molecule has 0 bridgehead atoms. The lowest BCUT2D eigenvalue weighted by atomic mass is 10.2. The van der Waals surface area contributed by atoms with Gasteiger partial charge in [0, 0.05) is 11.6 Å². The minimum absolute atomic E-state index is 0.108. The van der Waals surface area contributed by atoms with Crippen LogP contribution in [-0.4, -0.2) is 52.0 Å². The molecular weight excluding hydrogens is 282 g/mol. The Morgan fingerprint density at radius 3 is 2.82 bits per heavy atom. The Labute approximate surface area is 131 Å². The van der Waals surface area contributed by atoms with Crippen LogP contribution in [0.3, 0.4) is 0 Å². The van der Waals surface area contributed by atoms with Crippen LogP contribution < -0.4 is 9.64 Å². The third-order valence-corrected chi connectivity index (χ3v) is 3.63. The molecule has 1 aliphatic rings. The lowest BCUT2D eigenvalue weighted by molar-refractivity contribution is -0.910. The van der Waals surface area contributed by atoms with Gasteiger partial charge in [0.15, 0.2) is 0 Å². The van der Waals surface area contributed by atoms with E-state index < -0.39 is 0 Å². The Morgan fingerprint density at radius 1 is 1.36 bits per heavy atom. The zero-order valence-electron chi connectivity index (χ0n) is 13.2. The highest BCUT2D eigenvalue weighted by Crippen LogP contribution is 2.18. The molecule has 1 N–H and O–H groups in total. The quantitative estimate of drug-likeness (QED) is 0.616. The summed E-state index contributed by atoms with van der Waals surface area (Å²) in [5.74, 6) is 0.406. The highest BCUT2D eigenvalue weighted by atomic mass is 16.5. The van der Waals surface area contributed by atoms with Gasteiger partial charge in [0.25, 0.3) is 0 Å². The van der Waals surface area contributed by atoms with Crippen molar-refractivity contribution in [2.45, 2.75) is 13.0 Å². The summed E-state index contributed by atoms with van der Waals surface area (Å²) in [5.41, 5.74) is 0.855. The summed E-state index contributed by atoms with van der Waals surface area (Å²) in [6.07, 6.45) is 3.06. The minimum Gasteiger partial charge on any atom is -0.496 e. The van der Waals surface area contributed by atoms with Crippen LogP contribution in [0.15, 0.2) is 30.3 Å². The van der Waals surface area contributed by atoms with Crippen LogP contribution in [0.5, 0.6) is 5.75 Å². The van der Waals surface area contributed by atoms with Crippen molar-refractivity contribution in [2.75, 3.05) is 40.0 Å². The number of methoxy groups -OCH3 is 1. The number of nitrogens with one attached hydrogen (secondary N) is 1. The van der Waals surface area contributed by atoms with Crippen LogP contribution in [-0.2, 0) is 14.3 Å². The molecule has 0 aromatic heterocycles. The zero-order valence-corrected chi connectivity index (χ0v) is 13.2. The Bertz CT molecular complexity index is 509. The smallest absolute Gasteiger partial charge is 0.331 e. The number of morpholine rings is 1. The van der Waals surface area contributed by atoms with Gasteiger partial charge in [-0.3, -0.25) is 0 Å². The van der Waals surface area contributed by atoms with E-state index in [1.54, 1.807) is 13.2 Å². The van der Waals surface area contributed by atoms with Gasteiger partial charge in [-0.2, -0.15) is 0 Å². The molecule has 1 aliphatic heterocycles. The number of hydrogen-bond donors (Lipinski definition) is 1. The van der Waals surface area contributed by atoms with E-state index in [0.29, 0.717) is 0 Å². The topological polar surface area (TPSA) is 49.2 Å². The highest BCUT2D eigenvalue weighted by molar-refractivity contribution is 5.87. The molecule has 1 atom stereocenters. The first kappa shape index (κ1) is 16.5. The molecule has 0 unspecified atom stereocenters. The van der Waals surface area contributed by atoms with Gasteiger partial charge in [0.2, 0.25) is 0 Å². The van der Waals surface area contributed by atoms with Crippen molar-refractivity contribution in [3.05, 3.63) is 35.9 Å². The first-order valence-electron chi connectivity index (χ1n) is 7.62. The predicted molar refractivity (Wildman–Crippen MR) is 84.0 cm³/mol. The number of para-hydroxylation sites is 1. The van der Waals surface area contributed by atoms with Gasteiger partial charge in [-0.15, -0.1) is 0 Å². The van der Waals surface area contributed by atoms with Gasteiger partial charge >= 0.3 is 5.97 Å². The molecule has 0 aliphatic carbocycles. The second kappa shape index (κ2) is 8.56. The number of carbonyl (C=O) groups excluding carboxylic acids is 1. The summed E-state index contributed by atoms with van der Waals surface area (Å²) in [6, 6.07) is 7.54. The second-order valence-electron chi connectivity index (χ2n) is 5.39. The van der Waals surface area contributed by atoms with E-state index in [-0.39, 0.29) is 12.1 Å². The maximum Gasteiger partial charge on any atom is 0.331 e. The summed E-state index contributed by atoms with van der Waals surface area (Å²) in [4.78, 5) is 13.3. The molecule has 2 rings (SSSR count). The number of ether oxygens (including phenoxy) is 3. The van der Waals surface area contributed by atoms with Crippen molar-refractivity contribution < 1.29 is 23.9 Å². The Balaban J connectivity index is 1.82. The molecule has 22 heavy (non-hydrogen) atoms. The van der Waals surface area contributed by atoms with E-state index in [1.807, 2.05) is 31.2 Å². The fraction of sp³-hybridized carbons (Fsp3) is 0.471. The van der Waals surface area contributed by atoms with Crippen molar-refractivity contribution >= 4 is 12.0 Å². The molecule has 1 fully saturated rings. The lowest BCUT2D eigenvalue weighted by Gasteiger charge is -2.25. The molecule has 120 valence electrons. The average molecular weight is 306 g/mol. The van der Waals surface area contributed by atoms with Gasteiger partial charge < -0.3 is 19.1 Å². The van der Waals surface area contributed by atoms with Crippen LogP contribution in [0.4, 0.5) is 0 Å². The maximum absolute atomic E-state index is 11.9. The number of hydrogen-bond acceptors (Lipinski definition) is 4. The van der Waals surface area contributed by atoms with Gasteiger partial charge in [-0.1, -0.05) is 18.2 Å². The van der Waals surface area contributed by atoms with E-state index in [2.05, 4.69) is 0 Å². The molecule has 0 saturated carbocycles. The predicted octanol–water partition coefficient (Wildman–Crippen LogP) is 0.555. The Hall–Kier alpha value is -1.85. The third kappa shape index (κ3) is 5.16. The molecule has 1 saturated heterocycles. The van der Waals surface area contributed by atoms with E-state index in [1.165, 1.54) is 11.0 Å². The summed E-state index contributed by atoms with van der Waals surface area (Å²) in [7, 11) is 1.61. The first-order valence-corrected chi connectivity index (χ1v) is 7.62. The van der Waals surface area contributed by atoms with E-state index in [9.17, 15) is 4.79 Å². The number of benzene rings is 1. The molecule has 1 heterocycles. The van der Waals surface area contributed by atoms with E-state index >= 15 is 0 Å². The highest BCUT2D eigenvalue weighted by Gasteiger charge is 2.18. The fourth-order valence-corrected chi connectivity index (χ4v) is 2.51. The fourth-order valence-electron chi connectivity index (χ4n) is 2.51. The van der Waals surface area contributed by atoms with Crippen molar-refractivity contribution in [3.8, 4) is 5.75 Å². The van der Waals surface area contributed by atoms with Gasteiger partial charge in [0.1, 0.15) is 31.5 Å². The maximum atomic E-state index is 11.9. The first-order chi connectivity index (χ1) is 10.7. The number of carbonyl (C=O) groups is 1. The largest absolute Gasteiger partial charge is 0.496 e. The number of rotatable bonds is 6. The number of esters is 1. The summed E-state index contributed by atoms with van der Waals surface area (Å²) in [6.45, 7) is 6.25. The van der Waals surface area contributed by atoms with Crippen LogP contribution in [0.1, 0.15) is 12.5 Å². The van der Waals surface area contributed by atoms with Crippen molar-refractivity contribution in [1.29, 1.82) is 0 Å². The van der Waals surface area contributed by atoms with E-state index in [4.69, 9.17) is 14.2 Å². The van der Waals surface area contributed by atoms with Crippen LogP contribution in [0, 0.1) is 0 Å². The number of quaternary nitrogens is 1. The summed E-state index contributed by atoms with van der Waals surface area (Å²) >= 11 is 0. The Kier molecular flexibility index (Phi) is 6.43. The zero-order chi connectivity index (χ0) is 15.8. The van der Waals surface area contributed by atoms with Gasteiger partial charge in [-0.25, -0.2) is 4.79 Å². The minimum atomic E-state index is -0.328. The SMILES string of the molecule is COc1ccccc1/C=C/C(=O)O[C@H](C)C[NH+]1CCOCC1. The second-order valence-corrected chi connectivity index (χ2v) is 5.39. The standard InChI is InChI=1S/C17H23NO4/c1-14(13-18-9-11-21-12-10-18)22-17(19)8-7-15-5-3-4-6-16(15)20-2/h3-8,14H,9-13H2,1-2H3/p+1/b8-7+/t14-/m1/s1. The molecule has 0 amide bonds. The molecule has 0 spiro atoms. The van der Waals surface area contributed by atoms with Crippen LogP contribution in [0.2, 0.25) is 0 Å². The molecule has 5 heteroatoms. The average Bonchev–Trinajstić information content (AvgIpc) is 2.54. The molecular formula is C17H24NO4+. The third-order valence-electron chi connectivity index (χ3n) is 3.63. The van der Waals surface area contributed by atoms with E-state index in [0.717, 1.165) is 44.2 Å². The molecule has 1 aromatic carbocycles. The molecule has 0 radical (unpaired) electrons. The molecule has 1 aromatic rings. The normalized spacial score (nSPS) is 17.4. The summed E-state index contributed by atoms with van der Waals surface area (Å²) < 4.78 is 16.0. The van der Waals surface area contributed by atoms with Crippen LogP contribution in [0.25, 0.3) is 6.08 Å². The molecule has 5 nitrogen and oxygen atoms in total. The monoisotopic (exact) mass is 306 g/mol. The van der Waals surface area contributed by atoms with Crippen molar-refractivity contribution in [2.24, 2.45) is 0 Å². The summed E-state index contributed by atoms with van der Waals surface area (Å²) in [5, 5.41) is 0. The Morgan fingerprint density at radius 2 is 2.09 bits per heavy atom. The van der Waals surface area contributed by atoms with Crippen molar-refractivity contribution in [3.63, 3.8) is 0 Å². The van der Waals surface area contributed by atoms with Crippen molar-refractivity contribution in [1.82, 2.24) is 0 Å². The van der Waals surface area contributed by atoms with Gasteiger partial charge in [-0.05, 0) is 19.1 Å². The lowest BCUT2D eigenvalue weighted by Crippen LogP contribution is -3.15. The van der Waals surface area contributed by atoms with Crippen LogP contribution >= 0.6 is 0 Å².